The molecule has 0 aromatic rings. The first-order valence-electron chi connectivity index (χ1n) is 6.37. The lowest BCUT2D eigenvalue weighted by Gasteiger charge is -2.47. The van der Waals surface area contributed by atoms with Gasteiger partial charge in [0.15, 0.2) is 0 Å². The third-order valence-electron chi connectivity index (χ3n) is 4.56. The Morgan fingerprint density at radius 2 is 1.86 bits per heavy atom. The molecule has 3 fully saturated rings. The van der Waals surface area contributed by atoms with E-state index in [0.717, 1.165) is 6.04 Å². The Kier molecular flexibility index (Phi) is 2.29. The summed E-state index contributed by atoms with van der Waals surface area (Å²) >= 11 is 0. The van der Waals surface area contributed by atoms with E-state index in [9.17, 15) is 0 Å². The van der Waals surface area contributed by atoms with E-state index in [0.29, 0.717) is 5.54 Å². The van der Waals surface area contributed by atoms with Gasteiger partial charge in [-0.25, -0.2) is 0 Å². The van der Waals surface area contributed by atoms with Crippen LogP contribution < -0.4 is 5.32 Å². The minimum atomic E-state index is 0.536. The van der Waals surface area contributed by atoms with Crippen LogP contribution in [0.15, 0.2) is 0 Å². The van der Waals surface area contributed by atoms with E-state index in [1.54, 1.807) is 0 Å². The Bertz CT molecular complexity index is 204. The smallest absolute Gasteiger partial charge is 0.0309 e. The normalized spacial score (nSPS) is 33.4. The summed E-state index contributed by atoms with van der Waals surface area (Å²) < 4.78 is 0. The Morgan fingerprint density at radius 3 is 2.50 bits per heavy atom. The molecule has 1 N–H and O–H groups in total. The molecule has 80 valence electrons. The highest BCUT2D eigenvalue weighted by atomic mass is 15.2. The van der Waals surface area contributed by atoms with Crippen molar-refractivity contribution in [3.8, 4) is 0 Å². The second-order valence-corrected chi connectivity index (χ2v) is 5.47. The summed E-state index contributed by atoms with van der Waals surface area (Å²) in [6, 6.07) is 0.953. The Balaban J connectivity index is 1.65. The summed E-state index contributed by atoms with van der Waals surface area (Å²) in [7, 11) is 0. The SMILES string of the molecule is C1CC(N2CCNC3(CCCC3)C2)C1. The molecule has 2 heteroatoms. The van der Waals surface area contributed by atoms with E-state index in [4.69, 9.17) is 0 Å². The van der Waals surface area contributed by atoms with Gasteiger partial charge in [-0.2, -0.15) is 0 Å². The van der Waals surface area contributed by atoms with Crippen molar-refractivity contribution >= 4 is 0 Å². The standard InChI is InChI=1S/C12H22N2/c1-2-7-12(6-1)10-14(9-8-13-12)11-4-3-5-11/h11,13H,1-10H2. The van der Waals surface area contributed by atoms with E-state index in [1.165, 1.54) is 64.6 Å². The predicted octanol–water partition coefficient (Wildman–Crippen LogP) is 1.76. The van der Waals surface area contributed by atoms with Gasteiger partial charge in [-0.3, -0.25) is 4.90 Å². The highest BCUT2D eigenvalue weighted by Gasteiger charge is 2.40. The van der Waals surface area contributed by atoms with Crippen LogP contribution >= 0.6 is 0 Å². The van der Waals surface area contributed by atoms with Gasteiger partial charge in [0.25, 0.3) is 0 Å². The second kappa shape index (κ2) is 3.49. The van der Waals surface area contributed by atoms with Crippen molar-refractivity contribution in [2.24, 2.45) is 0 Å². The first-order valence-corrected chi connectivity index (χ1v) is 6.37. The summed E-state index contributed by atoms with van der Waals surface area (Å²) in [6.45, 7) is 3.88. The average Bonchev–Trinajstić information content (AvgIpc) is 2.50. The van der Waals surface area contributed by atoms with Gasteiger partial charge < -0.3 is 5.32 Å². The van der Waals surface area contributed by atoms with Gasteiger partial charge in [-0.15, -0.1) is 0 Å². The van der Waals surface area contributed by atoms with E-state index in [2.05, 4.69) is 10.2 Å². The summed E-state index contributed by atoms with van der Waals surface area (Å²) in [5.74, 6) is 0. The minimum absolute atomic E-state index is 0.536. The number of nitrogens with one attached hydrogen (secondary N) is 1. The molecule has 0 atom stereocenters. The monoisotopic (exact) mass is 194 g/mol. The molecular formula is C12H22N2. The van der Waals surface area contributed by atoms with E-state index >= 15 is 0 Å². The fourth-order valence-corrected chi connectivity index (χ4v) is 3.44. The third-order valence-corrected chi connectivity index (χ3v) is 4.56. The lowest BCUT2D eigenvalue weighted by atomic mass is 9.87. The van der Waals surface area contributed by atoms with E-state index in [-0.39, 0.29) is 0 Å². The van der Waals surface area contributed by atoms with Gasteiger partial charge in [0.2, 0.25) is 0 Å². The molecule has 1 saturated heterocycles. The maximum atomic E-state index is 3.79. The van der Waals surface area contributed by atoms with Crippen LogP contribution in [0.3, 0.4) is 0 Å². The molecule has 2 nitrogen and oxygen atoms in total. The lowest BCUT2D eigenvalue weighted by Crippen LogP contribution is -2.61. The topological polar surface area (TPSA) is 15.3 Å². The molecule has 0 radical (unpaired) electrons. The molecule has 0 aromatic carbocycles. The zero-order chi connectivity index (χ0) is 9.43. The van der Waals surface area contributed by atoms with Gasteiger partial charge in [-0.1, -0.05) is 19.3 Å². The molecule has 2 saturated carbocycles. The third kappa shape index (κ3) is 1.49. The van der Waals surface area contributed by atoms with Crippen LogP contribution in [-0.4, -0.2) is 36.1 Å². The lowest BCUT2D eigenvalue weighted by molar-refractivity contribution is 0.0575. The fourth-order valence-electron chi connectivity index (χ4n) is 3.44. The Hall–Kier alpha value is -0.0800. The van der Waals surface area contributed by atoms with E-state index in [1.807, 2.05) is 0 Å². The highest BCUT2D eigenvalue weighted by molar-refractivity contribution is 5.00. The van der Waals surface area contributed by atoms with Gasteiger partial charge in [0.05, 0.1) is 0 Å². The Morgan fingerprint density at radius 1 is 1.07 bits per heavy atom. The second-order valence-electron chi connectivity index (χ2n) is 5.47. The number of nitrogens with zero attached hydrogens (tertiary/aromatic N) is 1. The molecule has 0 bridgehead atoms. The van der Waals surface area contributed by atoms with Crippen LogP contribution in [-0.2, 0) is 0 Å². The van der Waals surface area contributed by atoms with Gasteiger partial charge in [0.1, 0.15) is 0 Å². The average molecular weight is 194 g/mol. The summed E-state index contributed by atoms with van der Waals surface area (Å²) in [6.07, 6.45) is 10.2. The van der Waals surface area contributed by atoms with Crippen LogP contribution in [0.5, 0.6) is 0 Å². The van der Waals surface area contributed by atoms with Crippen molar-refractivity contribution in [3.63, 3.8) is 0 Å². The van der Waals surface area contributed by atoms with Gasteiger partial charge >= 0.3 is 0 Å². The first-order chi connectivity index (χ1) is 6.88. The molecule has 3 rings (SSSR count). The molecule has 3 aliphatic rings. The van der Waals surface area contributed by atoms with Crippen molar-refractivity contribution in [1.29, 1.82) is 0 Å². The van der Waals surface area contributed by atoms with E-state index < -0.39 is 0 Å². The highest BCUT2D eigenvalue weighted by Crippen LogP contribution is 2.35. The van der Waals surface area contributed by atoms with Gasteiger partial charge in [-0.05, 0) is 25.7 Å². The number of piperazine rings is 1. The zero-order valence-electron chi connectivity index (χ0n) is 9.10. The molecule has 14 heavy (non-hydrogen) atoms. The van der Waals surface area contributed by atoms with Crippen LogP contribution in [0.2, 0.25) is 0 Å². The molecule has 1 spiro atoms. The van der Waals surface area contributed by atoms with Crippen molar-refractivity contribution in [1.82, 2.24) is 10.2 Å². The Labute approximate surface area is 87.0 Å². The number of hydrogen-bond acceptors (Lipinski definition) is 2. The summed E-state index contributed by atoms with van der Waals surface area (Å²) in [5.41, 5.74) is 0.536. The van der Waals surface area contributed by atoms with Crippen LogP contribution in [0, 0.1) is 0 Å². The van der Waals surface area contributed by atoms with Gasteiger partial charge in [0, 0.05) is 31.2 Å². The maximum absolute atomic E-state index is 3.79. The summed E-state index contributed by atoms with van der Waals surface area (Å²) in [4.78, 5) is 2.77. The van der Waals surface area contributed by atoms with Crippen LogP contribution in [0.1, 0.15) is 44.9 Å². The van der Waals surface area contributed by atoms with Crippen molar-refractivity contribution < 1.29 is 0 Å². The van der Waals surface area contributed by atoms with Crippen LogP contribution in [0.25, 0.3) is 0 Å². The van der Waals surface area contributed by atoms with Crippen molar-refractivity contribution in [3.05, 3.63) is 0 Å². The molecule has 0 unspecified atom stereocenters. The molecule has 2 aliphatic carbocycles. The quantitative estimate of drug-likeness (QED) is 0.684. The first kappa shape index (κ1) is 9.17. The predicted molar refractivity (Wildman–Crippen MR) is 58.4 cm³/mol. The molecule has 1 heterocycles. The van der Waals surface area contributed by atoms with Crippen LogP contribution in [0.4, 0.5) is 0 Å². The number of hydrogen-bond donors (Lipinski definition) is 1. The molecular weight excluding hydrogens is 172 g/mol. The fraction of sp³-hybridized carbons (Fsp3) is 1.00. The minimum Gasteiger partial charge on any atom is -0.309 e. The molecule has 1 aliphatic heterocycles. The van der Waals surface area contributed by atoms with Crippen molar-refractivity contribution in [2.75, 3.05) is 19.6 Å². The van der Waals surface area contributed by atoms with Crippen molar-refractivity contribution in [2.45, 2.75) is 56.5 Å². The molecule has 0 amide bonds. The zero-order valence-corrected chi connectivity index (χ0v) is 9.10. The largest absolute Gasteiger partial charge is 0.309 e. The maximum Gasteiger partial charge on any atom is 0.0309 e. The molecule has 0 aromatic heterocycles. The number of rotatable bonds is 1. The summed E-state index contributed by atoms with van der Waals surface area (Å²) in [5, 5.41) is 3.79.